The molecule has 0 aliphatic rings. The molecule has 0 aliphatic heterocycles. The van der Waals surface area contributed by atoms with Crippen LogP contribution in [0.5, 0.6) is 5.75 Å². The van der Waals surface area contributed by atoms with Gasteiger partial charge in [0.05, 0.1) is 19.4 Å². The van der Waals surface area contributed by atoms with E-state index in [0.717, 1.165) is 5.56 Å². The van der Waals surface area contributed by atoms with Crippen molar-refractivity contribution < 1.29 is 14.6 Å². The normalized spacial score (nSPS) is 9.28. The Bertz CT molecular complexity index is 472. The minimum atomic E-state index is -0.0752. The summed E-state index contributed by atoms with van der Waals surface area (Å²) in [5, 5.41) is 11.4. The van der Waals surface area contributed by atoms with Crippen LogP contribution in [0.4, 0.5) is 5.69 Å². The lowest BCUT2D eigenvalue weighted by molar-refractivity contribution is -0.115. The van der Waals surface area contributed by atoms with Crippen LogP contribution in [0.3, 0.4) is 0 Å². The SMILES string of the molecule is CCC(=O)Nc1cc(C#CCCO)ccc1OC. The van der Waals surface area contributed by atoms with Gasteiger partial charge in [-0.15, -0.1) is 0 Å². The van der Waals surface area contributed by atoms with Gasteiger partial charge in [0.15, 0.2) is 0 Å². The summed E-state index contributed by atoms with van der Waals surface area (Å²) in [5.41, 5.74) is 1.39. The van der Waals surface area contributed by atoms with E-state index in [4.69, 9.17) is 9.84 Å². The van der Waals surface area contributed by atoms with Crippen molar-refractivity contribution in [3.05, 3.63) is 23.8 Å². The van der Waals surface area contributed by atoms with Gasteiger partial charge in [-0.2, -0.15) is 0 Å². The maximum Gasteiger partial charge on any atom is 0.224 e. The lowest BCUT2D eigenvalue weighted by atomic mass is 10.2. The van der Waals surface area contributed by atoms with Crippen LogP contribution in [0.2, 0.25) is 0 Å². The zero-order chi connectivity index (χ0) is 13.4. The molecule has 0 fully saturated rings. The van der Waals surface area contributed by atoms with E-state index in [1.165, 1.54) is 0 Å². The van der Waals surface area contributed by atoms with Crippen LogP contribution >= 0.6 is 0 Å². The highest BCUT2D eigenvalue weighted by atomic mass is 16.5. The number of hydrogen-bond donors (Lipinski definition) is 2. The number of rotatable bonds is 4. The highest BCUT2D eigenvalue weighted by Gasteiger charge is 2.06. The summed E-state index contributed by atoms with van der Waals surface area (Å²) in [6.07, 6.45) is 0.840. The molecule has 0 radical (unpaired) electrons. The van der Waals surface area contributed by atoms with Gasteiger partial charge >= 0.3 is 0 Å². The predicted molar refractivity (Wildman–Crippen MR) is 70.5 cm³/mol. The van der Waals surface area contributed by atoms with E-state index in [9.17, 15) is 4.79 Å². The molecule has 4 heteroatoms. The minimum absolute atomic E-state index is 0.0442. The molecule has 0 bridgehead atoms. The van der Waals surface area contributed by atoms with Crippen molar-refractivity contribution in [3.63, 3.8) is 0 Å². The maximum atomic E-state index is 11.4. The second kappa shape index (κ2) is 7.36. The summed E-state index contributed by atoms with van der Waals surface area (Å²) < 4.78 is 5.17. The van der Waals surface area contributed by atoms with Crippen molar-refractivity contribution in [3.8, 4) is 17.6 Å². The van der Waals surface area contributed by atoms with Gasteiger partial charge in [-0.3, -0.25) is 4.79 Å². The number of carbonyl (C=O) groups is 1. The quantitative estimate of drug-likeness (QED) is 0.797. The van der Waals surface area contributed by atoms with Gasteiger partial charge in [-0.05, 0) is 18.2 Å². The van der Waals surface area contributed by atoms with E-state index in [0.29, 0.717) is 24.3 Å². The molecule has 0 atom stereocenters. The Kier molecular flexibility index (Phi) is 5.75. The fourth-order valence-corrected chi connectivity index (χ4v) is 1.34. The van der Waals surface area contributed by atoms with Crippen molar-refractivity contribution in [1.82, 2.24) is 0 Å². The number of anilines is 1. The van der Waals surface area contributed by atoms with Crippen molar-refractivity contribution in [2.24, 2.45) is 0 Å². The number of hydrogen-bond acceptors (Lipinski definition) is 3. The zero-order valence-electron chi connectivity index (χ0n) is 10.6. The van der Waals surface area contributed by atoms with Crippen LogP contribution in [0.25, 0.3) is 0 Å². The number of ether oxygens (including phenoxy) is 1. The van der Waals surface area contributed by atoms with Crippen molar-refractivity contribution >= 4 is 11.6 Å². The third kappa shape index (κ3) is 4.11. The molecule has 0 aliphatic carbocycles. The first-order valence-corrected chi connectivity index (χ1v) is 5.78. The molecule has 4 nitrogen and oxygen atoms in total. The molecule has 18 heavy (non-hydrogen) atoms. The van der Waals surface area contributed by atoms with E-state index in [-0.39, 0.29) is 12.5 Å². The molecule has 0 aromatic heterocycles. The van der Waals surface area contributed by atoms with Crippen molar-refractivity contribution in [2.75, 3.05) is 19.0 Å². The molecule has 1 aromatic rings. The summed E-state index contributed by atoms with van der Waals surface area (Å²) in [5.74, 6) is 6.27. The molecule has 0 heterocycles. The van der Waals surface area contributed by atoms with Crippen LogP contribution in [0.1, 0.15) is 25.3 Å². The second-order valence-corrected chi connectivity index (χ2v) is 3.59. The lowest BCUT2D eigenvalue weighted by Gasteiger charge is -2.09. The first-order valence-electron chi connectivity index (χ1n) is 5.78. The van der Waals surface area contributed by atoms with Gasteiger partial charge in [-0.1, -0.05) is 18.8 Å². The minimum Gasteiger partial charge on any atom is -0.495 e. The number of aliphatic hydroxyl groups excluding tert-OH is 1. The summed E-state index contributed by atoms with van der Waals surface area (Å²) in [6, 6.07) is 5.33. The Labute approximate surface area is 107 Å². The number of nitrogens with one attached hydrogen (secondary N) is 1. The molecule has 1 rings (SSSR count). The standard InChI is InChI=1S/C14H17NO3/c1-3-14(17)15-12-10-11(6-4-5-9-16)7-8-13(12)18-2/h7-8,10,16H,3,5,9H2,1-2H3,(H,15,17). The molecule has 1 aromatic carbocycles. The Morgan fingerprint density at radius 1 is 1.50 bits per heavy atom. The molecule has 0 spiro atoms. The van der Waals surface area contributed by atoms with E-state index in [1.807, 2.05) is 6.07 Å². The lowest BCUT2D eigenvalue weighted by Crippen LogP contribution is -2.10. The second-order valence-electron chi connectivity index (χ2n) is 3.59. The Hall–Kier alpha value is -1.99. The largest absolute Gasteiger partial charge is 0.495 e. The highest BCUT2D eigenvalue weighted by molar-refractivity contribution is 5.92. The molecule has 0 saturated carbocycles. The summed E-state index contributed by atoms with van der Waals surface area (Å²) in [4.78, 5) is 11.4. The van der Waals surface area contributed by atoms with E-state index < -0.39 is 0 Å². The Morgan fingerprint density at radius 3 is 2.89 bits per heavy atom. The highest BCUT2D eigenvalue weighted by Crippen LogP contribution is 2.25. The maximum absolute atomic E-state index is 11.4. The van der Waals surface area contributed by atoms with Gasteiger partial charge in [0.25, 0.3) is 0 Å². The number of carbonyl (C=O) groups excluding carboxylic acids is 1. The molecule has 1 amide bonds. The van der Waals surface area contributed by atoms with Gasteiger partial charge < -0.3 is 15.2 Å². The average Bonchev–Trinajstić information content (AvgIpc) is 2.39. The first kappa shape index (κ1) is 14.1. The van der Waals surface area contributed by atoms with E-state index in [2.05, 4.69) is 17.2 Å². The third-order valence-corrected chi connectivity index (χ3v) is 2.26. The smallest absolute Gasteiger partial charge is 0.224 e. The fourth-order valence-electron chi connectivity index (χ4n) is 1.34. The van der Waals surface area contributed by atoms with Gasteiger partial charge in [0.1, 0.15) is 5.75 Å². The number of methoxy groups -OCH3 is 1. The van der Waals surface area contributed by atoms with Gasteiger partial charge in [0, 0.05) is 18.4 Å². The molecular formula is C14H17NO3. The van der Waals surface area contributed by atoms with Crippen LogP contribution in [-0.4, -0.2) is 24.7 Å². The van der Waals surface area contributed by atoms with Crippen LogP contribution in [-0.2, 0) is 4.79 Å². The first-order chi connectivity index (χ1) is 8.71. The third-order valence-electron chi connectivity index (χ3n) is 2.26. The summed E-state index contributed by atoms with van der Waals surface area (Å²) in [7, 11) is 1.55. The molecule has 96 valence electrons. The topological polar surface area (TPSA) is 58.6 Å². The van der Waals surface area contributed by atoms with Crippen LogP contribution in [0, 0.1) is 11.8 Å². The van der Waals surface area contributed by atoms with Crippen LogP contribution in [0.15, 0.2) is 18.2 Å². The monoisotopic (exact) mass is 247 g/mol. The summed E-state index contributed by atoms with van der Waals surface area (Å²) >= 11 is 0. The number of amides is 1. The summed E-state index contributed by atoms with van der Waals surface area (Å²) in [6.45, 7) is 1.83. The van der Waals surface area contributed by atoms with Crippen molar-refractivity contribution in [1.29, 1.82) is 0 Å². The van der Waals surface area contributed by atoms with Crippen LogP contribution < -0.4 is 10.1 Å². The molecular weight excluding hydrogens is 230 g/mol. The van der Waals surface area contributed by atoms with Crippen molar-refractivity contribution in [2.45, 2.75) is 19.8 Å². The Morgan fingerprint density at radius 2 is 2.28 bits per heavy atom. The average molecular weight is 247 g/mol. The predicted octanol–water partition coefficient (Wildman–Crippen LogP) is 1.78. The zero-order valence-corrected chi connectivity index (χ0v) is 10.6. The Balaban J connectivity index is 2.95. The molecule has 2 N–H and O–H groups in total. The van der Waals surface area contributed by atoms with Gasteiger partial charge in [0.2, 0.25) is 5.91 Å². The fraction of sp³-hybridized carbons (Fsp3) is 0.357. The molecule has 0 unspecified atom stereocenters. The number of benzene rings is 1. The van der Waals surface area contributed by atoms with Gasteiger partial charge in [-0.25, -0.2) is 0 Å². The van der Waals surface area contributed by atoms with E-state index in [1.54, 1.807) is 26.2 Å². The molecule has 0 saturated heterocycles. The number of aliphatic hydroxyl groups is 1. The van der Waals surface area contributed by atoms with E-state index >= 15 is 0 Å².